The van der Waals surface area contributed by atoms with Gasteiger partial charge >= 0.3 is 0 Å². The molecule has 0 N–H and O–H groups in total. The van der Waals surface area contributed by atoms with E-state index in [2.05, 4.69) is 27.4 Å². The summed E-state index contributed by atoms with van der Waals surface area (Å²) in [5.41, 5.74) is -0.308. The van der Waals surface area contributed by atoms with E-state index in [-0.39, 0.29) is 0 Å². The summed E-state index contributed by atoms with van der Waals surface area (Å²) < 4.78 is 52.6. The molecule has 0 fully saturated rings. The summed E-state index contributed by atoms with van der Waals surface area (Å²) >= 11 is 0. The summed E-state index contributed by atoms with van der Waals surface area (Å²) in [5.74, 6) is 6.04. The number of hydrogen-bond acceptors (Lipinski definition) is 9. The van der Waals surface area contributed by atoms with E-state index in [1.54, 1.807) is 61.4 Å². The number of fused-ring (bicyclic) bond motifs is 3. The molecule has 1 atom stereocenters. The van der Waals surface area contributed by atoms with Crippen molar-refractivity contribution in [3.8, 4) is 34.5 Å². The highest BCUT2D eigenvalue weighted by Crippen LogP contribution is 2.50. The molecule has 3 aromatic heterocycles. The minimum Gasteiger partial charge on any atom is -0.493 e. The van der Waals surface area contributed by atoms with Gasteiger partial charge in [0, 0.05) is 43.1 Å². The lowest BCUT2D eigenvalue weighted by Crippen LogP contribution is -2.32. The lowest BCUT2D eigenvalue weighted by Gasteiger charge is -2.36. The molecule has 48 heavy (non-hydrogen) atoms. The summed E-state index contributed by atoms with van der Waals surface area (Å²) in [6.07, 6.45) is 6.36. The van der Waals surface area contributed by atoms with Gasteiger partial charge in [0.2, 0.25) is 0 Å². The van der Waals surface area contributed by atoms with Gasteiger partial charge in [-0.1, -0.05) is 27.4 Å². The highest BCUT2D eigenvalue weighted by Gasteiger charge is 2.42. The third-order valence-electron chi connectivity index (χ3n) is 9.23. The van der Waals surface area contributed by atoms with Crippen LogP contribution >= 0.6 is 0 Å². The Hall–Kier alpha value is -5.18. The molecule has 1 unspecified atom stereocenters. The molecular formula is C39H42O9. The van der Waals surface area contributed by atoms with Gasteiger partial charge in [0.25, 0.3) is 0 Å². The molecule has 252 valence electrons. The van der Waals surface area contributed by atoms with E-state index in [0.29, 0.717) is 53.1 Å². The van der Waals surface area contributed by atoms with Crippen molar-refractivity contribution in [3.05, 3.63) is 79.0 Å². The van der Waals surface area contributed by atoms with Crippen LogP contribution in [0.4, 0.5) is 0 Å². The van der Waals surface area contributed by atoms with Gasteiger partial charge in [0.05, 0.1) is 61.4 Å². The molecule has 6 aromatic rings. The van der Waals surface area contributed by atoms with Crippen LogP contribution in [0.1, 0.15) is 50.9 Å². The molecule has 3 heterocycles. The predicted octanol–water partition coefficient (Wildman–Crippen LogP) is 9.71. The van der Waals surface area contributed by atoms with Crippen LogP contribution in [0.25, 0.3) is 37.9 Å². The monoisotopic (exact) mass is 654 g/mol. The first kappa shape index (κ1) is 32.7. The highest BCUT2D eigenvalue weighted by molar-refractivity contribution is 5.94. The minimum absolute atomic E-state index is 0.492. The summed E-state index contributed by atoms with van der Waals surface area (Å²) in [5, 5.41) is 5.47. The topological polar surface area (TPSA) is 94.8 Å². The van der Waals surface area contributed by atoms with Crippen LogP contribution in [0.15, 0.2) is 75.0 Å². The molecular weight excluding hydrogens is 612 g/mol. The third-order valence-corrected chi connectivity index (χ3v) is 9.23. The van der Waals surface area contributed by atoms with Gasteiger partial charge in [-0.05, 0) is 54.8 Å². The zero-order valence-electron chi connectivity index (χ0n) is 29.0. The van der Waals surface area contributed by atoms with Gasteiger partial charge in [-0.2, -0.15) is 0 Å². The predicted molar refractivity (Wildman–Crippen MR) is 187 cm³/mol. The second-order valence-electron chi connectivity index (χ2n) is 13.0. The number of hydrogen-bond donors (Lipinski definition) is 0. The van der Waals surface area contributed by atoms with E-state index in [9.17, 15) is 0 Å². The number of ether oxygens (including phenoxy) is 6. The Bertz CT molecular complexity index is 2130. The molecule has 0 aliphatic heterocycles. The van der Waals surface area contributed by atoms with Crippen molar-refractivity contribution in [2.45, 2.75) is 44.4 Å². The van der Waals surface area contributed by atoms with E-state index < -0.39 is 10.8 Å². The lowest BCUT2D eigenvalue weighted by atomic mass is 9.67. The summed E-state index contributed by atoms with van der Waals surface area (Å²) in [4.78, 5) is 0. The van der Waals surface area contributed by atoms with Crippen LogP contribution in [0, 0.1) is 0 Å². The molecule has 0 bridgehead atoms. The zero-order chi connectivity index (χ0) is 34.4. The Balaban J connectivity index is 1.48. The summed E-state index contributed by atoms with van der Waals surface area (Å²) in [6.45, 7) is 11.1. The van der Waals surface area contributed by atoms with Gasteiger partial charge < -0.3 is 41.7 Å². The molecule has 0 aliphatic rings. The molecule has 3 aromatic carbocycles. The fourth-order valence-electron chi connectivity index (χ4n) is 7.22. The maximum absolute atomic E-state index is 6.48. The maximum atomic E-state index is 6.48. The standard InChI is InChI=1S/C39H42O9/c1-22(35-26-14-32(43-8)29(40-5)11-23(26)18-46-35)17-39(4,37-28-16-34(45-10)31(42-7)13-25(28)20-48-37)21-38(2,3)36-27-15-33(44-9)30(41-6)12-24(27)19-47-36/h11-16,18-20H,1,17,21H2,2-10H3. The van der Waals surface area contributed by atoms with Crippen LogP contribution in [-0.2, 0) is 10.8 Å². The quantitative estimate of drug-likeness (QED) is 0.121. The number of benzene rings is 3. The van der Waals surface area contributed by atoms with Crippen molar-refractivity contribution in [1.29, 1.82) is 0 Å². The third kappa shape index (κ3) is 5.47. The van der Waals surface area contributed by atoms with Gasteiger partial charge in [-0.25, -0.2) is 0 Å². The second kappa shape index (κ2) is 12.4. The largest absolute Gasteiger partial charge is 0.493 e. The fourth-order valence-corrected chi connectivity index (χ4v) is 7.22. The van der Waals surface area contributed by atoms with Gasteiger partial charge in [0.1, 0.15) is 17.3 Å². The molecule has 9 nitrogen and oxygen atoms in total. The average Bonchev–Trinajstić information content (AvgIpc) is 3.82. The van der Waals surface area contributed by atoms with Crippen molar-refractivity contribution >= 4 is 37.9 Å². The van der Waals surface area contributed by atoms with Crippen molar-refractivity contribution in [3.63, 3.8) is 0 Å². The van der Waals surface area contributed by atoms with E-state index in [0.717, 1.165) is 49.4 Å². The van der Waals surface area contributed by atoms with Crippen molar-refractivity contribution in [1.82, 2.24) is 0 Å². The van der Waals surface area contributed by atoms with Crippen LogP contribution in [0.2, 0.25) is 0 Å². The Morgan fingerprint density at radius 3 is 1.40 bits per heavy atom. The average molecular weight is 655 g/mol. The van der Waals surface area contributed by atoms with Gasteiger partial charge in [-0.3, -0.25) is 0 Å². The smallest absolute Gasteiger partial charge is 0.161 e. The molecule has 9 heteroatoms. The molecule has 0 radical (unpaired) electrons. The van der Waals surface area contributed by atoms with Crippen LogP contribution in [-0.4, -0.2) is 42.7 Å². The first-order chi connectivity index (χ1) is 23.0. The molecule has 6 rings (SSSR count). The summed E-state index contributed by atoms with van der Waals surface area (Å²) in [7, 11) is 9.74. The van der Waals surface area contributed by atoms with E-state index >= 15 is 0 Å². The van der Waals surface area contributed by atoms with Crippen LogP contribution in [0.3, 0.4) is 0 Å². The maximum Gasteiger partial charge on any atom is 0.161 e. The molecule has 0 saturated heterocycles. The second-order valence-corrected chi connectivity index (χ2v) is 13.0. The number of methoxy groups -OCH3 is 6. The first-order valence-corrected chi connectivity index (χ1v) is 15.6. The Morgan fingerprint density at radius 2 is 0.917 bits per heavy atom. The van der Waals surface area contributed by atoms with E-state index in [1.165, 1.54) is 0 Å². The van der Waals surface area contributed by atoms with Crippen molar-refractivity contribution in [2.75, 3.05) is 42.7 Å². The minimum atomic E-state index is -0.618. The Labute approximate surface area is 279 Å². The van der Waals surface area contributed by atoms with Crippen LogP contribution in [0.5, 0.6) is 34.5 Å². The van der Waals surface area contributed by atoms with Crippen molar-refractivity contribution < 1.29 is 41.7 Å². The SMILES string of the molecule is C=C(CC(C)(CC(C)(C)c1occ2cc(OC)c(OC)cc12)c1occ2cc(OC)c(OC)cc12)c1occ2cc(OC)c(OC)cc12. The Morgan fingerprint density at radius 1 is 0.542 bits per heavy atom. The molecule has 0 amide bonds. The fraction of sp³-hybridized carbons (Fsp3) is 0.333. The van der Waals surface area contributed by atoms with Gasteiger partial charge in [-0.15, -0.1) is 0 Å². The normalized spacial score (nSPS) is 13.1. The number of furan rings is 3. The molecule has 0 spiro atoms. The van der Waals surface area contributed by atoms with E-state index in [4.69, 9.17) is 41.7 Å². The van der Waals surface area contributed by atoms with Crippen LogP contribution < -0.4 is 28.4 Å². The lowest BCUT2D eigenvalue weighted by molar-refractivity contribution is 0.257. The number of rotatable bonds is 13. The zero-order valence-corrected chi connectivity index (χ0v) is 29.0. The summed E-state index contributed by atoms with van der Waals surface area (Å²) in [6, 6.07) is 11.6. The first-order valence-electron chi connectivity index (χ1n) is 15.6. The highest BCUT2D eigenvalue weighted by atomic mass is 16.5. The van der Waals surface area contributed by atoms with E-state index in [1.807, 2.05) is 36.4 Å². The Kier molecular flexibility index (Phi) is 8.49. The molecule has 0 aliphatic carbocycles. The number of allylic oxidation sites excluding steroid dienone is 1. The van der Waals surface area contributed by atoms with Gasteiger partial charge in [0.15, 0.2) is 34.5 Å². The molecule has 0 saturated carbocycles. The van der Waals surface area contributed by atoms with Crippen molar-refractivity contribution in [2.24, 2.45) is 0 Å².